The molecule has 4 rings (SSSR count). The molecule has 2 N–H and O–H groups in total. The first kappa shape index (κ1) is 29.3. The van der Waals surface area contributed by atoms with Crippen LogP contribution in [0.5, 0.6) is 0 Å². The van der Waals surface area contributed by atoms with Crippen molar-refractivity contribution in [2.24, 2.45) is 30.7 Å². The summed E-state index contributed by atoms with van der Waals surface area (Å²) in [6.45, 7) is 3.89. The Morgan fingerprint density at radius 2 is 1.05 bits per heavy atom. The standard InChI is InChI=1S/C26H23N7O3S.Na/c1-17-15-19(27)3-13-25(17)33-31-23-10-14-26(18(2)16-23)32-30-21-6-4-20(5-7-21)28-29-22-8-11-24(12-9-22)37-36-35-34;/h3-16,34H,27H2,1-2H3;/q;+1/p-1. The summed E-state index contributed by atoms with van der Waals surface area (Å²) in [7, 11) is 0. The SMILES string of the molecule is Cc1cc(N)ccc1N=Nc1ccc(N=Nc2ccc(N=Nc3ccc(SOO[O-])cc3)cc2)c(C)c1.[Na+]. The first-order valence-electron chi connectivity index (χ1n) is 11.1. The van der Waals surface area contributed by atoms with Crippen molar-refractivity contribution in [3.63, 3.8) is 0 Å². The van der Waals surface area contributed by atoms with Crippen LogP contribution in [0.25, 0.3) is 0 Å². The van der Waals surface area contributed by atoms with E-state index in [-0.39, 0.29) is 29.6 Å². The minimum atomic E-state index is 0. The number of anilines is 1. The van der Waals surface area contributed by atoms with Crippen LogP contribution < -0.4 is 40.5 Å². The van der Waals surface area contributed by atoms with Crippen LogP contribution in [-0.2, 0) is 9.37 Å². The molecule has 0 aliphatic heterocycles. The fourth-order valence-electron chi connectivity index (χ4n) is 3.15. The number of hydrogen-bond donors (Lipinski definition) is 1. The van der Waals surface area contributed by atoms with Crippen molar-refractivity contribution >= 4 is 51.9 Å². The maximum absolute atomic E-state index is 9.87. The van der Waals surface area contributed by atoms with Crippen LogP contribution in [0.1, 0.15) is 11.1 Å². The Balaban J connectivity index is 0.00000400. The molecular formula is C26H22N7NaO3S. The maximum atomic E-state index is 9.87. The molecule has 0 bridgehead atoms. The summed E-state index contributed by atoms with van der Waals surface area (Å²) in [4.78, 5) is 0.701. The zero-order valence-corrected chi connectivity index (χ0v) is 23.8. The van der Waals surface area contributed by atoms with E-state index in [0.29, 0.717) is 27.6 Å². The number of nitrogen functional groups attached to an aromatic ring is 1. The Morgan fingerprint density at radius 3 is 1.58 bits per heavy atom. The molecule has 0 radical (unpaired) electrons. The van der Waals surface area contributed by atoms with Gasteiger partial charge in [0.2, 0.25) is 0 Å². The third kappa shape index (κ3) is 8.64. The second kappa shape index (κ2) is 14.6. The number of aryl methyl sites for hydroxylation is 2. The average molecular weight is 536 g/mol. The largest absolute Gasteiger partial charge is 1.00 e. The van der Waals surface area contributed by atoms with Crippen LogP contribution in [0.3, 0.4) is 0 Å². The number of benzene rings is 4. The number of rotatable bonds is 9. The molecule has 4 aromatic carbocycles. The van der Waals surface area contributed by atoms with Gasteiger partial charge in [0.15, 0.2) is 0 Å². The Hall–Kier alpha value is -3.29. The van der Waals surface area contributed by atoms with Crippen molar-refractivity contribution in [3.05, 3.63) is 96.1 Å². The summed E-state index contributed by atoms with van der Waals surface area (Å²) in [5.41, 5.74) is 12.6. The third-order valence-electron chi connectivity index (χ3n) is 5.07. The van der Waals surface area contributed by atoms with Gasteiger partial charge in [-0.15, -0.1) is 0 Å². The minimum absolute atomic E-state index is 0. The van der Waals surface area contributed by atoms with Gasteiger partial charge in [-0.05, 0) is 110 Å². The van der Waals surface area contributed by atoms with Gasteiger partial charge in [-0.1, -0.05) is 0 Å². The van der Waals surface area contributed by atoms with E-state index in [1.165, 1.54) is 0 Å². The van der Waals surface area contributed by atoms with Crippen LogP contribution >= 0.6 is 12.0 Å². The van der Waals surface area contributed by atoms with Crippen molar-refractivity contribution in [1.82, 2.24) is 0 Å². The number of azo groups is 3. The fraction of sp³-hybridized carbons (Fsp3) is 0.0769. The quantitative estimate of drug-likeness (QED) is 0.0766. The summed E-state index contributed by atoms with van der Waals surface area (Å²) in [6.07, 6.45) is 0. The Labute approximate surface area is 246 Å². The smallest absolute Gasteiger partial charge is 0.691 e. The molecule has 0 atom stereocenters. The van der Waals surface area contributed by atoms with E-state index in [2.05, 4.69) is 40.1 Å². The van der Waals surface area contributed by atoms with Gasteiger partial charge in [0.05, 0.1) is 46.2 Å². The number of nitrogens with two attached hydrogens (primary N) is 1. The van der Waals surface area contributed by atoms with E-state index in [9.17, 15) is 5.26 Å². The van der Waals surface area contributed by atoms with Gasteiger partial charge in [0.25, 0.3) is 0 Å². The van der Waals surface area contributed by atoms with Gasteiger partial charge < -0.3 is 11.0 Å². The van der Waals surface area contributed by atoms with Gasteiger partial charge >= 0.3 is 29.6 Å². The predicted octanol–water partition coefficient (Wildman–Crippen LogP) is 5.37. The van der Waals surface area contributed by atoms with Crippen molar-refractivity contribution in [2.75, 3.05) is 5.73 Å². The second-order valence-corrected chi connectivity index (χ2v) is 8.62. The third-order valence-corrected chi connectivity index (χ3v) is 5.66. The zero-order chi connectivity index (χ0) is 26.0. The van der Waals surface area contributed by atoms with Gasteiger partial charge in [0.1, 0.15) is 0 Å². The van der Waals surface area contributed by atoms with Crippen LogP contribution in [0.4, 0.5) is 39.8 Å². The van der Waals surface area contributed by atoms with Gasteiger partial charge in [-0.2, -0.15) is 35.0 Å². The molecule has 0 saturated carbocycles. The van der Waals surface area contributed by atoms with E-state index in [0.717, 1.165) is 40.2 Å². The van der Waals surface area contributed by atoms with E-state index < -0.39 is 0 Å². The zero-order valence-electron chi connectivity index (χ0n) is 21.0. The molecule has 0 aromatic heterocycles. The van der Waals surface area contributed by atoms with Crippen LogP contribution in [0.15, 0.2) is 121 Å². The van der Waals surface area contributed by atoms with E-state index in [1.54, 1.807) is 42.5 Å². The molecule has 4 aromatic rings. The molecule has 0 unspecified atom stereocenters. The molecular weight excluding hydrogens is 513 g/mol. The van der Waals surface area contributed by atoms with E-state index in [4.69, 9.17) is 5.73 Å². The summed E-state index contributed by atoms with van der Waals surface area (Å²) >= 11 is 0.813. The summed E-state index contributed by atoms with van der Waals surface area (Å²) < 4.78 is 4.27. The monoisotopic (exact) mass is 535 g/mol. The molecule has 0 heterocycles. The second-order valence-electron chi connectivity index (χ2n) is 7.85. The van der Waals surface area contributed by atoms with Crippen LogP contribution in [0, 0.1) is 13.8 Å². The Bertz CT molecular complexity index is 1450. The first-order valence-corrected chi connectivity index (χ1v) is 11.8. The van der Waals surface area contributed by atoms with E-state index >= 15 is 0 Å². The molecule has 0 fully saturated rings. The number of nitrogens with zero attached hydrogens (tertiary/aromatic N) is 6. The summed E-state index contributed by atoms with van der Waals surface area (Å²) in [6, 6.07) is 25.3. The average Bonchev–Trinajstić information content (AvgIpc) is 2.91. The molecule has 0 aliphatic carbocycles. The topological polar surface area (TPSA) is 142 Å². The Morgan fingerprint density at radius 1 is 0.605 bits per heavy atom. The molecule has 12 heteroatoms. The molecule has 0 spiro atoms. The van der Waals surface area contributed by atoms with Crippen molar-refractivity contribution in [1.29, 1.82) is 0 Å². The predicted molar refractivity (Wildman–Crippen MR) is 140 cm³/mol. The first-order chi connectivity index (χ1) is 18.0. The molecule has 10 nitrogen and oxygen atoms in total. The van der Waals surface area contributed by atoms with Crippen molar-refractivity contribution in [2.45, 2.75) is 18.7 Å². The summed E-state index contributed by atoms with van der Waals surface area (Å²) in [5.74, 6) is 0. The van der Waals surface area contributed by atoms with Crippen LogP contribution in [0.2, 0.25) is 0 Å². The normalized spacial score (nSPS) is 11.4. The summed E-state index contributed by atoms with van der Waals surface area (Å²) in [5, 5.41) is 38.9. The van der Waals surface area contributed by atoms with Gasteiger partial charge in [-0.3, -0.25) is 5.04 Å². The molecule has 38 heavy (non-hydrogen) atoms. The van der Waals surface area contributed by atoms with E-state index in [1.807, 2.05) is 56.3 Å². The molecule has 186 valence electrons. The van der Waals surface area contributed by atoms with Crippen molar-refractivity contribution in [3.8, 4) is 0 Å². The van der Waals surface area contributed by atoms with Gasteiger partial charge in [-0.25, -0.2) is 0 Å². The molecule has 0 saturated heterocycles. The van der Waals surface area contributed by atoms with Crippen molar-refractivity contribution < 1.29 is 44.2 Å². The maximum Gasteiger partial charge on any atom is 1.00 e. The number of hydrogen-bond acceptors (Lipinski definition) is 11. The van der Waals surface area contributed by atoms with Gasteiger partial charge in [0, 0.05) is 10.6 Å². The van der Waals surface area contributed by atoms with Crippen LogP contribution in [-0.4, -0.2) is 0 Å². The molecule has 0 aliphatic rings. The molecule has 0 amide bonds. The minimum Gasteiger partial charge on any atom is -0.691 e. The Kier molecular flexibility index (Phi) is 11.2. The fourth-order valence-corrected chi connectivity index (χ4v) is 3.50.